The molecule has 19 atom stereocenters. The number of carbonyl (C=O) groups is 6. The van der Waals surface area contributed by atoms with E-state index in [2.05, 4.69) is 28.1 Å². The first-order valence-corrected chi connectivity index (χ1v) is 38.0. The number of ketones is 3. The summed E-state index contributed by atoms with van der Waals surface area (Å²) in [5, 5.41) is 56.9. The van der Waals surface area contributed by atoms with Gasteiger partial charge in [0.25, 0.3) is 0 Å². The van der Waals surface area contributed by atoms with Crippen molar-refractivity contribution in [2.45, 2.75) is 273 Å². The lowest BCUT2D eigenvalue weighted by Crippen LogP contribution is -2.65. The van der Waals surface area contributed by atoms with Crippen LogP contribution in [0.25, 0.3) is 0 Å². The molecule has 5 heterocycles. The quantitative estimate of drug-likeness (QED) is 0.0243. The SMILES string of the molecule is CC[C@H]1OC(=O)[C@H](C)[C@@H](O)[C@@H]2O[C@@](C)(C[C@@H](C)[C@H](OCc3ccccc3)C=C=C=C1C)/C2=N\O.CC[C@H]1OC(=O)[C@H](C)[C@@H](OCc2ccccc2)CC(=O)C(C)(C)C[C@@H](C)[C@@H](O)CC(=O)[C@]1(C)O.CC[C@H]1OC(=O)[C@H](C)[C@@H](OCc2ccccc2)CC(=O)[C@](C)(O)C[C@@H](C)[C@H](OCc2ccccc2)C=C=C=C1C. The fourth-order valence-corrected chi connectivity index (χ4v) is 13.7. The van der Waals surface area contributed by atoms with Crippen molar-refractivity contribution in [3.8, 4) is 0 Å². The summed E-state index contributed by atoms with van der Waals surface area (Å²) in [4.78, 5) is 78.7. The molecule has 0 aromatic heterocycles. The molecule has 108 heavy (non-hydrogen) atoms. The van der Waals surface area contributed by atoms with E-state index in [-0.39, 0.29) is 75.0 Å². The van der Waals surface area contributed by atoms with Crippen molar-refractivity contribution in [1.82, 2.24) is 0 Å². The Kier molecular flexibility index (Phi) is 34.3. The number of nitrogens with zero attached hydrogens (tertiary/aromatic N) is 1. The third kappa shape index (κ3) is 25.5. The fraction of sp³-hybridized carbons (Fsp3) is 0.557. The lowest BCUT2D eigenvalue weighted by Gasteiger charge is -2.49. The van der Waals surface area contributed by atoms with Crippen LogP contribution in [0.15, 0.2) is 173 Å². The first kappa shape index (κ1) is 88.9. The minimum absolute atomic E-state index is 0.00499. The first-order valence-electron chi connectivity index (χ1n) is 38.0. The van der Waals surface area contributed by atoms with Gasteiger partial charge in [0.2, 0.25) is 0 Å². The summed E-state index contributed by atoms with van der Waals surface area (Å²) in [5.74, 6) is -5.75. The summed E-state index contributed by atoms with van der Waals surface area (Å²) in [6, 6.07) is 38.7. The van der Waals surface area contributed by atoms with E-state index < -0.39 is 124 Å². The van der Waals surface area contributed by atoms with Gasteiger partial charge < -0.3 is 63.5 Å². The number of fused-ring (bicyclic) bond motifs is 8. The molecular formula is C88H117NO19. The van der Waals surface area contributed by atoms with Crippen LogP contribution in [0.5, 0.6) is 0 Å². The first-order chi connectivity index (χ1) is 51.1. The summed E-state index contributed by atoms with van der Waals surface area (Å²) in [6.07, 6.45) is -1.97. The van der Waals surface area contributed by atoms with Gasteiger partial charge >= 0.3 is 17.9 Å². The van der Waals surface area contributed by atoms with Crippen molar-refractivity contribution < 1.29 is 92.3 Å². The van der Waals surface area contributed by atoms with Gasteiger partial charge in [0.1, 0.15) is 47.1 Å². The van der Waals surface area contributed by atoms with E-state index in [4.69, 9.17) is 37.9 Å². The molecule has 0 amide bonds. The number of aliphatic hydroxyl groups is 4. The van der Waals surface area contributed by atoms with Gasteiger partial charge in [0.15, 0.2) is 17.2 Å². The van der Waals surface area contributed by atoms with Gasteiger partial charge in [-0.1, -0.05) is 205 Å². The highest BCUT2D eigenvalue weighted by atomic mass is 16.6. The minimum Gasteiger partial charge on any atom is -0.459 e. The van der Waals surface area contributed by atoms with Crippen molar-refractivity contribution in [3.63, 3.8) is 0 Å². The molecule has 2 bridgehead atoms. The van der Waals surface area contributed by atoms with Crippen molar-refractivity contribution in [2.24, 2.45) is 46.1 Å². The molecule has 0 radical (unpaired) electrons. The Morgan fingerprint density at radius 1 is 0.481 bits per heavy atom. The topological polar surface area (TPSA) is 290 Å². The summed E-state index contributed by atoms with van der Waals surface area (Å²) < 4.78 is 47.8. The number of cyclic esters (lactones) is 2. The van der Waals surface area contributed by atoms with Crippen molar-refractivity contribution in [2.75, 3.05) is 0 Å². The average molecular weight is 1490 g/mol. The molecule has 5 aliphatic rings. The maximum Gasteiger partial charge on any atom is 0.312 e. The zero-order valence-electron chi connectivity index (χ0n) is 66.0. The Labute approximate surface area is 639 Å². The van der Waals surface area contributed by atoms with E-state index >= 15 is 0 Å². The predicted octanol–water partition coefficient (Wildman–Crippen LogP) is 13.9. The second-order valence-electron chi connectivity index (χ2n) is 30.8. The number of esters is 3. The summed E-state index contributed by atoms with van der Waals surface area (Å²) in [5.41, 5.74) is 12.7. The van der Waals surface area contributed by atoms with Gasteiger partial charge in [-0.15, -0.1) is 0 Å². The van der Waals surface area contributed by atoms with Crippen LogP contribution >= 0.6 is 0 Å². The molecule has 4 aromatic rings. The van der Waals surface area contributed by atoms with Crippen LogP contribution in [-0.4, -0.2) is 144 Å². The zero-order valence-corrected chi connectivity index (χ0v) is 66.0. The lowest BCUT2D eigenvalue weighted by atomic mass is 9.74. The number of oxime groups is 1. The van der Waals surface area contributed by atoms with Gasteiger partial charge in [0, 0.05) is 35.8 Å². The van der Waals surface area contributed by atoms with E-state index in [0.717, 1.165) is 33.4 Å². The molecule has 9 rings (SSSR count). The maximum atomic E-state index is 13.5. The van der Waals surface area contributed by atoms with Gasteiger partial charge in [-0.05, 0) is 146 Å². The molecule has 0 spiro atoms. The highest BCUT2D eigenvalue weighted by Gasteiger charge is 2.56. The predicted molar refractivity (Wildman–Crippen MR) is 409 cm³/mol. The third-order valence-corrected chi connectivity index (χ3v) is 21.2. The summed E-state index contributed by atoms with van der Waals surface area (Å²) >= 11 is 0. The second-order valence-corrected chi connectivity index (χ2v) is 30.8. The molecule has 588 valence electrons. The molecule has 20 nitrogen and oxygen atoms in total. The van der Waals surface area contributed by atoms with Gasteiger partial charge in [-0.2, -0.15) is 0 Å². The number of hydrogen-bond donors (Lipinski definition) is 5. The number of Topliss-reactive ketones (excluding diaryl/α,β-unsaturated/α-hetero) is 3. The van der Waals surface area contributed by atoms with E-state index in [1.165, 1.54) is 13.8 Å². The smallest absolute Gasteiger partial charge is 0.312 e. The zero-order chi connectivity index (χ0) is 79.7. The molecule has 0 aliphatic carbocycles. The van der Waals surface area contributed by atoms with E-state index in [0.29, 0.717) is 44.6 Å². The normalized spacial score (nSPS) is 32.4. The van der Waals surface area contributed by atoms with Crippen LogP contribution in [-0.2, 0) is 93.1 Å². The Bertz CT molecular complexity index is 3830. The number of hydrogen-bond acceptors (Lipinski definition) is 20. The van der Waals surface area contributed by atoms with Crippen LogP contribution in [0, 0.1) is 40.9 Å². The molecule has 5 aliphatic heterocycles. The second kappa shape index (κ2) is 41.7. The number of carbonyl (C=O) groups excluding carboxylic acids is 6. The molecule has 2 fully saturated rings. The van der Waals surface area contributed by atoms with Crippen molar-refractivity contribution >= 4 is 41.0 Å². The Morgan fingerprint density at radius 3 is 1.28 bits per heavy atom. The summed E-state index contributed by atoms with van der Waals surface area (Å²) in [7, 11) is 0. The van der Waals surface area contributed by atoms with Crippen LogP contribution in [0.4, 0.5) is 0 Å². The standard InChI is InChI=1S/C34H42O6.C27H35NO6.C27H40O7/c1-6-29-24(2)14-13-19-30(38-22-27-15-9-7-10-16-27)25(3)21-34(5,37)32(35)20-31(26(4)33(36)40-29)39-23-28-17-11-8-12-18-28;1-6-21-17(2)11-10-14-22(32-16-20-12-8-7-9-13-20)18(3)15-27(5)25(28-31)24(34-27)23(29)19(4)26(30)33-21;1-7-24-27(6,32)23(30)13-20(28)17(2)15-26(4,5)22(29)14-21(18(3)25(31)34-24)33-16-19-11-9-8-10-12-19/h7-12,15-19,25-26,29-31,37H,6,20-23H2,1-5H3;7-9,12-14,18-19,21-24,29,31H,6,15-16H2,1-5H3;8-12,17-18,20-21,24,28,32H,7,13-16H2,1-6H3/b;17-14?,28-25-;/t25-,26-,29-,30-,31+,34-;18-,19-,21-,22-,23-,24+,27+;17-,18-,20+,21+,24-,27+/m111/s1. The van der Waals surface area contributed by atoms with E-state index in [9.17, 15) is 54.4 Å². The minimum atomic E-state index is -1.94. The summed E-state index contributed by atoms with van der Waals surface area (Å²) in [6.45, 7) is 29.4. The molecule has 0 unspecified atom stereocenters. The molecule has 2 saturated heterocycles. The maximum absolute atomic E-state index is 13.5. The number of aliphatic hydroxyl groups excluding tert-OH is 2. The monoisotopic (exact) mass is 1490 g/mol. The molecule has 5 N–H and O–H groups in total. The molecule has 4 aromatic carbocycles. The molecule has 20 heteroatoms. The highest BCUT2D eigenvalue weighted by molar-refractivity contribution is 6.01. The Hall–Kier alpha value is -7.99. The lowest BCUT2D eigenvalue weighted by molar-refractivity contribution is -0.178. The molecule has 0 saturated carbocycles. The van der Waals surface area contributed by atoms with Gasteiger partial charge in [0.05, 0.1) is 80.8 Å². The van der Waals surface area contributed by atoms with Crippen LogP contribution in [0.2, 0.25) is 0 Å². The van der Waals surface area contributed by atoms with Gasteiger partial charge in [-0.25, -0.2) is 0 Å². The highest BCUT2D eigenvalue weighted by Crippen LogP contribution is 2.41. The largest absolute Gasteiger partial charge is 0.459 e. The van der Waals surface area contributed by atoms with Crippen molar-refractivity contribution in [3.05, 3.63) is 190 Å². The van der Waals surface area contributed by atoms with E-state index in [1.54, 1.807) is 54.5 Å². The Balaban J connectivity index is 0.000000255. The average Bonchev–Trinajstić information content (AvgIpc) is 0.821. The van der Waals surface area contributed by atoms with Crippen LogP contribution < -0.4 is 0 Å². The van der Waals surface area contributed by atoms with Crippen LogP contribution in [0.3, 0.4) is 0 Å². The third-order valence-electron chi connectivity index (χ3n) is 21.2. The van der Waals surface area contributed by atoms with Gasteiger partial charge in [-0.3, -0.25) is 28.8 Å². The number of ether oxygens (including phenoxy) is 8. The number of rotatable bonds is 15. The van der Waals surface area contributed by atoms with E-state index in [1.807, 2.05) is 176 Å². The van der Waals surface area contributed by atoms with Crippen molar-refractivity contribution in [1.29, 1.82) is 0 Å². The fourth-order valence-electron chi connectivity index (χ4n) is 13.7. The van der Waals surface area contributed by atoms with Crippen LogP contribution in [0.1, 0.15) is 191 Å². The molecular weight excluding hydrogens is 1370 g/mol. The number of benzene rings is 4. The Morgan fingerprint density at radius 2 is 0.870 bits per heavy atom.